The summed E-state index contributed by atoms with van der Waals surface area (Å²) in [5.41, 5.74) is 0.790. The molecule has 1 aromatic heterocycles. The number of aromatic carboxylic acids is 1. The van der Waals surface area contributed by atoms with Crippen molar-refractivity contribution in [2.75, 3.05) is 0 Å². The number of halogens is 3. The normalized spacial score (nSPS) is 10.4. The lowest BCUT2D eigenvalue weighted by Gasteiger charge is -2.04. The van der Waals surface area contributed by atoms with Gasteiger partial charge in [-0.05, 0) is 29.8 Å². The van der Waals surface area contributed by atoms with Crippen LogP contribution < -0.4 is 0 Å². The fraction of sp³-hybridized carbons (Fsp3) is 0. The minimum atomic E-state index is -1.18. The fourth-order valence-electron chi connectivity index (χ4n) is 1.33. The van der Waals surface area contributed by atoms with Crippen molar-refractivity contribution >= 4 is 40.8 Å². The molecule has 0 saturated heterocycles. The number of nitrogens with zero attached hydrogens (tertiary/aromatic N) is 2. The minimum Gasteiger partial charge on any atom is -0.477 e. The Morgan fingerprint density at radius 2 is 1.78 bits per heavy atom. The second kappa shape index (κ2) is 5.10. The van der Waals surface area contributed by atoms with Gasteiger partial charge in [0.1, 0.15) is 0 Å². The molecule has 0 unspecified atom stereocenters. The lowest BCUT2D eigenvalue weighted by molar-refractivity contribution is 0.0690. The predicted molar refractivity (Wildman–Crippen MR) is 69.5 cm³/mol. The molecule has 1 heterocycles. The molecule has 1 aromatic carbocycles. The van der Waals surface area contributed by atoms with Crippen molar-refractivity contribution in [2.45, 2.75) is 0 Å². The van der Waals surface area contributed by atoms with Gasteiger partial charge in [-0.1, -0.05) is 29.3 Å². The maximum atomic E-state index is 10.9. The van der Waals surface area contributed by atoms with E-state index in [-0.39, 0.29) is 11.0 Å². The largest absolute Gasteiger partial charge is 0.477 e. The van der Waals surface area contributed by atoms with Crippen LogP contribution in [0, 0.1) is 0 Å². The molecule has 0 aliphatic carbocycles. The lowest BCUT2D eigenvalue weighted by Crippen LogP contribution is -2.02. The van der Waals surface area contributed by atoms with Crippen LogP contribution in [0.1, 0.15) is 10.5 Å². The van der Waals surface area contributed by atoms with Crippen LogP contribution in [-0.4, -0.2) is 21.0 Å². The van der Waals surface area contributed by atoms with Gasteiger partial charge in [-0.15, -0.1) is 0 Å². The van der Waals surface area contributed by atoms with Crippen LogP contribution in [-0.2, 0) is 0 Å². The Bertz CT molecular complexity index is 632. The second-order valence-corrected chi connectivity index (χ2v) is 4.49. The molecule has 2 rings (SSSR count). The smallest absolute Gasteiger partial charge is 0.354 e. The number of hydrogen-bond acceptors (Lipinski definition) is 3. The minimum absolute atomic E-state index is 0.143. The van der Waals surface area contributed by atoms with E-state index in [1.807, 2.05) is 0 Å². The fourth-order valence-corrected chi connectivity index (χ4v) is 1.81. The van der Waals surface area contributed by atoms with Crippen molar-refractivity contribution in [3.05, 3.63) is 45.3 Å². The molecule has 0 aliphatic heterocycles. The standard InChI is InChI=1S/C11H5Cl3N2O2/c12-6-2-1-5(3-7(6)13)8-4-9(10(17)18)16-11(14)15-8/h1-4H,(H,17,18). The summed E-state index contributed by atoms with van der Waals surface area (Å²) in [6.45, 7) is 0. The van der Waals surface area contributed by atoms with E-state index in [4.69, 9.17) is 39.9 Å². The third kappa shape index (κ3) is 2.72. The molecule has 0 aliphatic rings. The number of benzene rings is 1. The zero-order valence-electron chi connectivity index (χ0n) is 8.69. The first-order chi connectivity index (χ1) is 8.47. The summed E-state index contributed by atoms with van der Waals surface area (Å²) >= 11 is 17.3. The molecule has 0 amide bonds. The van der Waals surface area contributed by atoms with Crippen LogP contribution in [0.4, 0.5) is 0 Å². The summed E-state index contributed by atoms with van der Waals surface area (Å²) in [4.78, 5) is 18.4. The molecule has 18 heavy (non-hydrogen) atoms. The highest BCUT2D eigenvalue weighted by molar-refractivity contribution is 6.42. The van der Waals surface area contributed by atoms with Gasteiger partial charge in [0.05, 0.1) is 15.7 Å². The molecule has 0 fully saturated rings. The van der Waals surface area contributed by atoms with Gasteiger partial charge in [0.15, 0.2) is 5.69 Å². The summed E-state index contributed by atoms with van der Waals surface area (Å²) in [6, 6.07) is 6.15. The van der Waals surface area contributed by atoms with E-state index in [1.54, 1.807) is 18.2 Å². The molecule has 7 heteroatoms. The van der Waals surface area contributed by atoms with Gasteiger partial charge >= 0.3 is 5.97 Å². The van der Waals surface area contributed by atoms with Gasteiger partial charge in [0.25, 0.3) is 0 Å². The summed E-state index contributed by atoms with van der Waals surface area (Å²) in [7, 11) is 0. The molecule has 0 spiro atoms. The zero-order chi connectivity index (χ0) is 13.3. The summed E-state index contributed by atoms with van der Waals surface area (Å²) < 4.78 is 0. The van der Waals surface area contributed by atoms with Crippen LogP contribution in [0.2, 0.25) is 15.3 Å². The van der Waals surface area contributed by atoms with Crippen molar-refractivity contribution in [3.63, 3.8) is 0 Å². The first-order valence-corrected chi connectivity index (χ1v) is 5.84. The van der Waals surface area contributed by atoms with Gasteiger partial charge < -0.3 is 5.11 Å². The van der Waals surface area contributed by atoms with Crippen molar-refractivity contribution in [1.29, 1.82) is 0 Å². The number of hydrogen-bond donors (Lipinski definition) is 1. The van der Waals surface area contributed by atoms with Crippen LogP contribution in [0.5, 0.6) is 0 Å². The van der Waals surface area contributed by atoms with Gasteiger partial charge in [-0.3, -0.25) is 0 Å². The van der Waals surface area contributed by atoms with Crippen molar-refractivity contribution in [1.82, 2.24) is 9.97 Å². The molecule has 4 nitrogen and oxygen atoms in total. The SMILES string of the molecule is O=C(O)c1cc(-c2ccc(Cl)c(Cl)c2)nc(Cl)n1. The number of carboxylic acids is 1. The molecular weight excluding hydrogens is 298 g/mol. The predicted octanol–water partition coefficient (Wildman–Crippen LogP) is 3.80. The van der Waals surface area contributed by atoms with E-state index in [0.717, 1.165) is 0 Å². The van der Waals surface area contributed by atoms with Crippen LogP contribution in [0.15, 0.2) is 24.3 Å². The Balaban J connectivity index is 2.56. The zero-order valence-corrected chi connectivity index (χ0v) is 11.0. The Hall–Kier alpha value is -1.36. The van der Waals surface area contributed by atoms with Crippen LogP contribution in [0.3, 0.4) is 0 Å². The van der Waals surface area contributed by atoms with E-state index >= 15 is 0 Å². The van der Waals surface area contributed by atoms with Crippen molar-refractivity contribution in [3.8, 4) is 11.3 Å². The van der Waals surface area contributed by atoms with E-state index in [9.17, 15) is 4.79 Å². The third-order valence-corrected chi connectivity index (χ3v) is 3.04. The van der Waals surface area contributed by atoms with Crippen LogP contribution >= 0.6 is 34.8 Å². The Labute approximate surface area is 117 Å². The highest BCUT2D eigenvalue weighted by Gasteiger charge is 2.11. The molecule has 0 bridgehead atoms. The van der Waals surface area contributed by atoms with E-state index in [2.05, 4.69) is 9.97 Å². The summed E-state index contributed by atoms with van der Waals surface area (Å²) in [6.07, 6.45) is 0. The molecule has 92 valence electrons. The molecule has 2 aromatic rings. The van der Waals surface area contributed by atoms with Gasteiger partial charge in [-0.25, -0.2) is 14.8 Å². The first-order valence-electron chi connectivity index (χ1n) is 4.70. The lowest BCUT2D eigenvalue weighted by atomic mass is 10.1. The maximum absolute atomic E-state index is 10.9. The maximum Gasteiger partial charge on any atom is 0.354 e. The Kier molecular flexibility index (Phi) is 3.71. The average Bonchev–Trinajstić information content (AvgIpc) is 2.31. The number of rotatable bonds is 2. The van der Waals surface area contributed by atoms with Crippen molar-refractivity contribution < 1.29 is 9.90 Å². The topological polar surface area (TPSA) is 63.1 Å². The Morgan fingerprint density at radius 3 is 2.39 bits per heavy atom. The number of aromatic nitrogens is 2. The van der Waals surface area contributed by atoms with Gasteiger partial charge in [0.2, 0.25) is 5.28 Å². The molecule has 0 atom stereocenters. The molecule has 0 radical (unpaired) electrons. The summed E-state index contributed by atoms with van der Waals surface area (Å²) in [5.74, 6) is -1.18. The molecular formula is C11H5Cl3N2O2. The van der Waals surface area contributed by atoms with Crippen LogP contribution in [0.25, 0.3) is 11.3 Å². The Morgan fingerprint density at radius 1 is 1.06 bits per heavy atom. The van der Waals surface area contributed by atoms with E-state index in [0.29, 0.717) is 21.3 Å². The monoisotopic (exact) mass is 302 g/mol. The number of carboxylic acid groups (broad SMARTS) is 1. The highest BCUT2D eigenvalue weighted by Crippen LogP contribution is 2.28. The first kappa shape index (κ1) is 13.1. The third-order valence-electron chi connectivity index (χ3n) is 2.13. The average molecular weight is 304 g/mol. The second-order valence-electron chi connectivity index (χ2n) is 3.34. The van der Waals surface area contributed by atoms with Gasteiger partial charge in [-0.2, -0.15) is 0 Å². The quantitative estimate of drug-likeness (QED) is 0.857. The van der Waals surface area contributed by atoms with Crippen molar-refractivity contribution in [2.24, 2.45) is 0 Å². The molecule has 1 N–H and O–H groups in total. The van der Waals surface area contributed by atoms with E-state index < -0.39 is 5.97 Å². The molecule has 0 saturated carbocycles. The summed E-state index contributed by atoms with van der Waals surface area (Å²) in [5, 5.41) is 9.49. The number of carbonyl (C=O) groups is 1. The highest BCUT2D eigenvalue weighted by atomic mass is 35.5. The van der Waals surface area contributed by atoms with E-state index in [1.165, 1.54) is 6.07 Å². The van der Waals surface area contributed by atoms with Gasteiger partial charge in [0, 0.05) is 5.56 Å².